The van der Waals surface area contributed by atoms with E-state index in [1.54, 1.807) is 6.08 Å². The summed E-state index contributed by atoms with van der Waals surface area (Å²) in [5, 5.41) is 19.7. The van der Waals surface area contributed by atoms with E-state index in [9.17, 15) is 9.90 Å². The van der Waals surface area contributed by atoms with Crippen LogP contribution in [0.1, 0.15) is 62.5 Å². The van der Waals surface area contributed by atoms with Crippen molar-refractivity contribution >= 4 is 5.97 Å². The van der Waals surface area contributed by atoms with Crippen molar-refractivity contribution in [2.24, 2.45) is 17.8 Å². The number of ether oxygens (including phenoxy) is 2. The van der Waals surface area contributed by atoms with Gasteiger partial charge in [-0.3, -0.25) is 4.79 Å². The van der Waals surface area contributed by atoms with Gasteiger partial charge in [-0.15, -0.1) is 0 Å². The molecule has 7 heteroatoms. The molecule has 2 aliphatic carbocycles. The summed E-state index contributed by atoms with van der Waals surface area (Å²) >= 11 is 0. The Morgan fingerprint density at radius 3 is 2.61 bits per heavy atom. The largest absolute Gasteiger partial charge is 0.481 e. The number of carboxylic acid groups (broad SMARTS) is 1. The van der Waals surface area contributed by atoms with E-state index in [0.29, 0.717) is 32.3 Å². The summed E-state index contributed by atoms with van der Waals surface area (Å²) in [5.41, 5.74) is 2.59. The average molecular weight is 628 g/mol. The third-order valence-electron chi connectivity index (χ3n) is 7.74. The smallest absolute Gasteiger partial charge is 0.303 e. The molecule has 5 nitrogen and oxygen atoms in total. The van der Waals surface area contributed by atoms with Gasteiger partial charge in [-0.25, -0.2) is 4.39 Å². The molecule has 1 aliphatic heterocycles. The second kappa shape index (κ2) is 15.1. The number of aliphatic carboxylic acids is 1. The first-order valence-corrected chi connectivity index (χ1v) is 13.2. The van der Waals surface area contributed by atoms with E-state index < -0.39 is 18.2 Å². The third-order valence-corrected chi connectivity index (χ3v) is 7.74. The quantitative estimate of drug-likeness (QED) is 0.254. The van der Waals surface area contributed by atoms with Gasteiger partial charge in [-0.1, -0.05) is 48.6 Å². The minimum absolute atomic E-state index is 0. The van der Waals surface area contributed by atoms with Crippen molar-refractivity contribution in [3.63, 3.8) is 0 Å². The molecule has 1 radical (unpaired) electrons. The molecule has 1 aromatic carbocycles. The van der Waals surface area contributed by atoms with Gasteiger partial charge in [0.05, 0.1) is 12.2 Å². The molecule has 1 saturated carbocycles. The number of alkyl halides is 1. The number of halogens is 1. The second-order valence-electron chi connectivity index (χ2n) is 10.3. The van der Waals surface area contributed by atoms with Crippen LogP contribution in [0.2, 0.25) is 0 Å². The molecule has 36 heavy (non-hydrogen) atoms. The maximum absolute atomic E-state index is 15.3. The normalized spacial score (nSPS) is 29.4. The van der Waals surface area contributed by atoms with Gasteiger partial charge in [-0.2, -0.15) is 0 Å². The van der Waals surface area contributed by atoms with Crippen molar-refractivity contribution in [2.45, 2.75) is 88.9 Å². The van der Waals surface area contributed by atoms with Crippen molar-refractivity contribution in [2.75, 3.05) is 6.61 Å². The standard InChI is InChI=1S/C29H39FO5.Pr/c30-25-19-27(35-29-13-7-8-16-34-29)24(11-3-1-2-4-12-28(32)33)23(25)14-15-26(31)22-17-20-9-5-6-10-21(20)18-22;/h1,3,5-6,9-10,14-15,22-27,29,31H,2,4,7-8,11-13,16-19H2,(H,32,33);/b3-1-,15-14+;/t23-,24-,25+,26+,27+,29?;/m1./s1. The van der Waals surface area contributed by atoms with Crippen molar-refractivity contribution in [1.29, 1.82) is 0 Å². The van der Waals surface area contributed by atoms with Crippen LogP contribution in [0.4, 0.5) is 4.39 Å². The zero-order chi connectivity index (χ0) is 24.6. The Labute approximate surface area is 247 Å². The van der Waals surface area contributed by atoms with E-state index in [1.807, 2.05) is 30.4 Å². The maximum atomic E-state index is 15.3. The Morgan fingerprint density at radius 1 is 1.19 bits per heavy atom. The SMILES string of the molecule is O=C(O)CCC/C=C\C[C@@H]1[C@@H](/C=C/[C@H](O)C2Cc3ccccc3C2)[C@@H](F)C[C@@H]1OC1CCCCO1.[Pr]. The van der Waals surface area contributed by atoms with Crippen LogP contribution >= 0.6 is 0 Å². The minimum atomic E-state index is -1.03. The van der Waals surface area contributed by atoms with Crippen molar-refractivity contribution in [1.82, 2.24) is 0 Å². The fourth-order valence-electron chi connectivity index (χ4n) is 5.79. The minimum Gasteiger partial charge on any atom is -0.481 e. The number of aliphatic hydroxyl groups is 1. The summed E-state index contributed by atoms with van der Waals surface area (Å²) in [6.45, 7) is 0.684. The Hall–Kier alpha value is -0.656. The molecule has 0 aromatic heterocycles. The van der Waals surface area contributed by atoms with Crippen molar-refractivity contribution < 1.29 is 70.2 Å². The zero-order valence-electron chi connectivity index (χ0n) is 21.0. The van der Waals surface area contributed by atoms with E-state index in [-0.39, 0.29) is 77.9 Å². The van der Waals surface area contributed by atoms with Gasteiger partial charge in [0.2, 0.25) is 0 Å². The van der Waals surface area contributed by atoms with Gasteiger partial charge in [0.25, 0.3) is 0 Å². The molecule has 0 bridgehead atoms. The third kappa shape index (κ3) is 8.43. The van der Waals surface area contributed by atoms with Gasteiger partial charge < -0.3 is 19.7 Å². The van der Waals surface area contributed by atoms with E-state index in [4.69, 9.17) is 14.6 Å². The molecular formula is C29H39FO5Pr. The molecule has 2 N–H and O–H groups in total. The fraction of sp³-hybridized carbons (Fsp3) is 0.621. The second-order valence-corrected chi connectivity index (χ2v) is 10.3. The predicted octanol–water partition coefficient (Wildman–Crippen LogP) is 5.41. The summed E-state index contributed by atoms with van der Waals surface area (Å²) in [6.07, 6.45) is 12.6. The zero-order valence-corrected chi connectivity index (χ0v) is 24.7. The van der Waals surface area contributed by atoms with Gasteiger partial charge in [-0.05, 0) is 74.3 Å². The summed E-state index contributed by atoms with van der Waals surface area (Å²) in [6, 6.07) is 8.31. The van der Waals surface area contributed by atoms with E-state index in [2.05, 4.69) is 12.1 Å². The monoisotopic (exact) mass is 627 g/mol. The van der Waals surface area contributed by atoms with Crippen LogP contribution in [0.3, 0.4) is 0 Å². The van der Waals surface area contributed by atoms with Crippen LogP contribution in [0.5, 0.6) is 0 Å². The number of hydrogen-bond donors (Lipinski definition) is 2. The number of unbranched alkanes of at least 4 members (excludes halogenated alkanes) is 1. The predicted molar refractivity (Wildman–Crippen MR) is 133 cm³/mol. The number of rotatable bonds is 11. The summed E-state index contributed by atoms with van der Waals surface area (Å²) in [5.74, 6) is -1.04. The van der Waals surface area contributed by atoms with Crippen molar-refractivity contribution in [3.8, 4) is 0 Å². The molecule has 3 aliphatic rings. The molecule has 1 heterocycles. The van der Waals surface area contributed by atoms with Crippen LogP contribution < -0.4 is 0 Å². The van der Waals surface area contributed by atoms with Crippen LogP contribution in [-0.2, 0) is 27.1 Å². The number of allylic oxidation sites excluding steroid dienone is 3. The summed E-state index contributed by atoms with van der Waals surface area (Å²) in [4.78, 5) is 10.7. The van der Waals surface area contributed by atoms with Gasteiger partial charge >= 0.3 is 5.97 Å². The maximum Gasteiger partial charge on any atom is 0.303 e. The number of carboxylic acids is 1. The summed E-state index contributed by atoms with van der Waals surface area (Å²) < 4.78 is 27.3. The Balaban J connectivity index is 0.00000361. The number of benzene rings is 1. The molecule has 6 atom stereocenters. The molecule has 0 spiro atoms. The van der Waals surface area contributed by atoms with Crippen molar-refractivity contribution in [3.05, 3.63) is 59.7 Å². The van der Waals surface area contributed by atoms with E-state index in [1.165, 1.54) is 11.1 Å². The van der Waals surface area contributed by atoms with E-state index in [0.717, 1.165) is 32.1 Å². The Morgan fingerprint density at radius 2 is 1.94 bits per heavy atom. The first-order chi connectivity index (χ1) is 17.0. The van der Waals surface area contributed by atoms with Crippen LogP contribution in [-0.4, -0.2) is 47.5 Å². The van der Waals surface area contributed by atoms with Gasteiger partial charge in [0.1, 0.15) is 6.17 Å². The number of carbonyl (C=O) groups is 1. The first-order valence-electron chi connectivity index (χ1n) is 13.2. The molecular weight excluding hydrogens is 588 g/mol. The van der Waals surface area contributed by atoms with E-state index >= 15 is 4.39 Å². The molecule has 1 unspecified atom stereocenters. The molecule has 0 amide bonds. The Bertz CT molecular complexity index is 859. The topological polar surface area (TPSA) is 76.0 Å². The number of fused-ring (bicyclic) bond motifs is 1. The fourth-order valence-corrected chi connectivity index (χ4v) is 5.79. The first kappa shape index (κ1) is 29.9. The number of aliphatic hydroxyl groups excluding tert-OH is 1. The molecule has 195 valence electrons. The Kier molecular flexibility index (Phi) is 12.5. The molecule has 1 saturated heterocycles. The average Bonchev–Trinajstić information content (AvgIpc) is 3.41. The molecule has 1 aromatic rings. The molecule has 4 rings (SSSR count). The van der Waals surface area contributed by atoms with Crippen LogP contribution in [0.25, 0.3) is 0 Å². The van der Waals surface area contributed by atoms with Crippen LogP contribution in [0.15, 0.2) is 48.6 Å². The van der Waals surface area contributed by atoms with Crippen LogP contribution in [0, 0.1) is 59.0 Å². The molecule has 2 fully saturated rings. The number of hydrogen-bond acceptors (Lipinski definition) is 4. The summed E-state index contributed by atoms with van der Waals surface area (Å²) in [7, 11) is 0. The van der Waals surface area contributed by atoms with Gasteiger partial charge in [0, 0.05) is 66.7 Å². The van der Waals surface area contributed by atoms with Gasteiger partial charge in [0.15, 0.2) is 6.29 Å².